The second-order valence-corrected chi connectivity index (χ2v) is 11.2. The molecule has 0 aliphatic carbocycles. The molecule has 0 radical (unpaired) electrons. The molecule has 0 bridgehead atoms. The van der Waals surface area contributed by atoms with Crippen molar-refractivity contribution in [3.63, 3.8) is 0 Å². The molecular formula is C30H26FN3O5S2. The molecule has 210 valence electrons. The highest BCUT2D eigenvalue weighted by molar-refractivity contribution is 8.00. The topological polar surface area (TPSA) is 102 Å². The van der Waals surface area contributed by atoms with Crippen molar-refractivity contribution in [3.05, 3.63) is 101 Å². The quantitative estimate of drug-likeness (QED) is 0.0744. The number of ether oxygens (including phenoxy) is 2. The van der Waals surface area contributed by atoms with Gasteiger partial charge in [0, 0.05) is 11.3 Å². The summed E-state index contributed by atoms with van der Waals surface area (Å²) in [5, 5.41) is 19.9. The number of carbonyl (C=O) groups is 2. The molecule has 1 fully saturated rings. The summed E-state index contributed by atoms with van der Waals surface area (Å²) in [6.07, 6.45) is 0.804. The first kappa shape index (κ1) is 28.3. The summed E-state index contributed by atoms with van der Waals surface area (Å²) in [4.78, 5) is 28.2. The van der Waals surface area contributed by atoms with E-state index >= 15 is 0 Å². The maximum Gasteiger partial charge on any atom is 0.301 e. The summed E-state index contributed by atoms with van der Waals surface area (Å²) in [5.41, 5.74) is 1.34. The summed E-state index contributed by atoms with van der Waals surface area (Å²) >= 11 is 2.39. The van der Waals surface area contributed by atoms with Crippen molar-refractivity contribution < 1.29 is 28.6 Å². The normalized spacial score (nSPS) is 16.3. The summed E-state index contributed by atoms with van der Waals surface area (Å²) in [6.45, 7) is 2.49. The lowest BCUT2D eigenvalue weighted by Gasteiger charge is -2.23. The molecule has 1 N–H and O–H groups in total. The summed E-state index contributed by atoms with van der Waals surface area (Å²) in [6, 6.07) is 19.1. The summed E-state index contributed by atoms with van der Waals surface area (Å²) in [5.74, 6) is -0.870. The number of benzene rings is 3. The van der Waals surface area contributed by atoms with E-state index in [9.17, 15) is 19.1 Å². The molecule has 8 nitrogen and oxygen atoms in total. The fourth-order valence-electron chi connectivity index (χ4n) is 4.36. The van der Waals surface area contributed by atoms with Gasteiger partial charge in [-0.25, -0.2) is 4.39 Å². The minimum Gasteiger partial charge on any atom is -0.507 e. The number of ketones is 1. The third kappa shape index (κ3) is 5.96. The lowest BCUT2D eigenvalue weighted by atomic mass is 9.95. The molecule has 4 aromatic rings. The maximum atomic E-state index is 14.1. The van der Waals surface area contributed by atoms with Crippen LogP contribution >= 0.6 is 23.1 Å². The Balaban J connectivity index is 1.55. The smallest absolute Gasteiger partial charge is 0.301 e. The fraction of sp³-hybridized carbons (Fsp3) is 0.200. The van der Waals surface area contributed by atoms with Gasteiger partial charge in [0.2, 0.25) is 5.13 Å². The van der Waals surface area contributed by atoms with Crippen LogP contribution in [-0.4, -0.2) is 40.7 Å². The van der Waals surface area contributed by atoms with Crippen molar-refractivity contribution in [2.75, 3.05) is 18.6 Å². The van der Waals surface area contributed by atoms with Crippen LogP contribution in [0.5, 0.6) is 11.5 Å². The Morgan fingerprint density at radius 3 is 2.56 bits per heavy atom. The number of hydrogen-bond donors (Lipinski definition) is 1. The van der Waals surface area contributed by atoms with Gasteiger partial charge in [-0.2, -0.15) is 0 Å². The average Bonchev–Trinajstić information content (AvgIpc) is 3.57. The summed E-state index contributed by atoms with van der Waals surface area (Å²) < 4.78 is 25.6. The average molecular weight is 592 g/mol. The van der Waals surface area contributed by atoms with Gasteiger partial charge in [0.05, 0.1) is 25.3 Å². The molecule has 2 heterocycles. The van der Waals surface area contributed by atoms with Gasteiger partial charge in [0.15, 0.2) is 4.34 Å². The maximum absolute atomic E-state index is 14.1. The van der Waals surface area contributed by atoms with Crippen LogP contribution in [0.25, 0.3) is 5.76 Å². The SMILES string of the molecule is CCCOc1cccc(C2C(=C(O)c3ccc(OC)cc3)C(=O)C(=O)N2c2nnc(SCc3ccccc3F)s2)c1. The van der Waals surface area contributed by atoms with Crippen LogP contribution in [0.4, 0.5) is 9.52 Å². The number of amides is 1. The zero-order chi connectivity index (χ0) is 28.9. The lowest BCUT2D eigenvalue weighted by Crippen LogP contribution is -2.29. The van der Waals surface area contributed by atoms with Crippen LogP contribution in [0, 0.1) is 5.82 Å². The van der Waals surface area contributed by atoms with Crippen molar-refractivity contribution in [3.8, 4) is 11.5 Å². The number of carbonyl (C=O) groups excluding carboxylic acids is 2. The summed E-state index contributed by atoms with van der Waals surface area (Å²) in [7, 11) is 1.53. The van der Waals surface area contributed by atoms with E-state index in [-0.39, 0.29) is 22.3 Å². The number of Topliss-reactive ketones (excluding diaryl/α,β-unsaturated/α-hetero) is 1. The highest BCUT2D eigenvalue weighted by Crippen LogP contribution is 2.44. The highest BCUT2D eigenvalue weighted by Gasteiger charge is 2.48. The van der Waals surface area contributed by atoms with Gasteiger partial charge in [-0.3, -0.25) is 14.5 Å². The number of hydrogen-bond acceptors (Lipinski definition) is 9. The third-order valence-corrected chi connectivity index (χ3v) is 8.47. The minimum absolute atomic E-state index is 0.0800. The van der Waals surface area contributed by atoms with E-state index in [4.69, 9.17) is 9.47 Å². The molecule has 0 saturated carbocycles. The van der Waals surface area contributed by atoms with E-state index in [0.717, 1.165) is 17.8 Å². The molecule has 5 rings (SSSR count). The molecule has 11 heteroatoms. The van der Waals surface area contributed by atoms with Crippen molar-refractivity contribution in [2.45, 2.75) is 29.5 Å². The number of anilines is 1. The van der Waals surface area contributed by atoms with E-state index < -0.39 is 17.7 Å². The molecule has 1 aromatic heterocycles. The van der Waals surface area contributed by atoms with Crippen LogP contribution in [0.2, 0.25) is 0 Å². The predicted octanol–water partition coefficient (Wildman–Crippen LogP) is 6.39. The number of aliphatic hydroxyl groups excluding tert-OH is 1. The number of thioether (sulfide) groups is 1. The van der Waals surface area contributed by atoms with Crippen LogP contribution in [-0.2, 0) is 15.3 Å². The Morgan fingerprint density at radius 1 is 1.05 bits per heavy atom. The molecule has 41 heavy (non-hydrogen) atoms. The van der Waals surface area contributed by atoms with Crippen LogP contribution < -0.4 is 14.4 Å². The molecule has 1 aliphatic heterocycles. The first-order valence-electron chi connectivity index (χ1n) is 12.8. The largest absolute Gasteiger partial charge is 0.507 e. The molecule has 1 amide bonds. The van der Waals surface area contributed by atoms with Gasteiger partial charge in [-0.15, -0.1) is 10.2 Å². The molecule has 1 atom stereocenters. The van der Waals surface area contributed by atoms with Gasteiger partial charge in [-0.05, 0) is 60.0 Å². The second kappa shape index (κ2) is 12.5. The standard InChI is InChI=1S/C30H26FN3O5S2/c1-3-15-39-22-9-6-8-19(16-22)25-24(26(35)18-11-13-21(38-2)14-12-18)27(36)28(37)34(25)29-32-33-30(41-29)40-17-20-7-4-5-10-23(20)31/h4-14,16,25,35H,3,15,17H2,1-2H3. The fourth-order valence-corrected chi connectivity index (χ4v) is 6.21. The monoisotopic (exact) mass is 591 g/mol. The number of aliphatic hydroxyl groups is 1. The van der Waals surface area contributed by atoms with Crippen molar-refractivity contribution >= 4 is 45.7 Å². The van der Waals surface area contributed by atoms with Gasteiger partial charge >= 0.3 is 5.91 Å². The Bertz CT molecular complexity index is 1610. The Hall–Kier alpha value is -4.22. The number of nitrogens with zero attached hydrogens (tertiary/aromatic N) is 3. The highest BCUT2D eigenvalue weighted by atomic mass is 32.2. The number of methoxy groups -OCH3 is 1. The van der Waals surface area contributed by atoms with E-state index in [1.54, 1.807) is 66.7 Å². The Morgan fingerprint density at radius 2 is 1.83 bits per heavy atom. The van der Waals surface area contributed by atoms with Gasteiger partial charge in [0.25, 0.3) is 5.78 Å². The van der Waals surface area contributed by atoms with E-state index in [0.29, 0.717) is 44.9 Å². The van der Waals surface area contributed by atoms with Crippen molar-refractivity contribution in [1.82, 2.24) is 10.2 Å². The Labute approximate surface area is 244 Å². The molecule has 1 aliphatic rings. The van der Waals surface area contributed by atoms with Crippen LogP contribution in [0.15, 0.2) is 82.7 Å². The van der Waals surface area contributed by atoms with Crippen molar-refractivity contribution in [1.29, 1.82) is 0 Å². The van der Waals surface area contributed by atoms with E-state index in [1.807, 2.05) is 6.92 Å². The number of aromatic nitrogens is 2. The second-order valence-electron chi connectivity index (χ2n) is 9.05. The molecule has 1 unspecified atom stereocenters. The minimum atomic E-state index is -0.986. The van der Waals surface area contributed by atoms with E-state index in [1.165, 1.54) is 29.8 Å². The van der Waals surface area contributed by atoms with Crippen LogP contribution in [0.3, 0.4) is 0 Å². The molecule has 3 aromatic carbocycles. The van der Waals surface area contributed by atoms with Gasteiger partial charge < -0.3 is 14.6 Å². The number of rotatable bonds is 10. The zero-order valence-corrected chi connectivity index (χ0v) is 23.9. The first-order valence-corrected chi connectivity index (χ1v) is 14.6. The zero-order valence-electron chi connectivity index (χ0n) is 22.2. The predicted molar refractivity (Wildman–Crippen MR) is 156 cm³/mol. The first-order chi connectivity index (χ1) is 19.9. The Kier molecular flexibility index (Phi) is 8.65. The van der Waals surface area contributed by atoms with Crippen molar-refractivity contribution in [2.24, 2.45) is 0 Å². The molecular weight excluding hydrogens is 565 g/mol. The van der Waals surface area contributed by atoms with Gasteiger partial charge in [0.1, 0.15) is 23.1 Å². The molecule has 1 saturated heterocycles. The molecule has 0 spiro atoms. The van der Waals surface area contributed by atoms with E-state index in [2.05, 4.69) is 10.2 Å². The van der Waals surface area contributed by atoms with Crippen LogP contribution in [0.1, 0.15) is 36.1 Å². The lowest BCUT2D eigenvalue weighted by molar-refractivity contribution is -0.132. The third-order valence-electron chi connectivity index (χ3n) is 6.37. The van der Waals surface area contributed by atoms with Gasteiger partial charge in [-0.1, -0.05) is 60.4 Å². The number of halogens is 1.